The monoisotopic (exact) mass is 345 g/mol. The highest BCUT2D eigenvalue weighted by atomic mass is 16.2. The van der Waals surface area contributed by atoms with E-state index in [0.29, 0.717) is 31.9 Å². The topological polar surface area (TPSA) is 69.6 Å². The third kappa shape index (κ3) is 3.98. The lowest BCUT2D eigenvalue weighted by molar-refractivity contribution is -0.128. The highest BCUT2D eigenvalue weighted by Crippen LogP contribution is 2.28. The predicted octanol–water partition coefficient (Wildman–Crippen LogP) is 1.25. The first-order chi connectivity index (χ1) is 12.0. The zero-order valence-corrected chi connectivity index (χ0v) is 15.4. The molecule has 0 N–H and O–H groups in total. The van der Waals surface area contributed by atoms with Crippen LogP contribution in [-0.2, 0) is 4.79 Å². The smallest absolute Gasteiger partial charge is 0.272 e. The Labute approximate surface area is 149 Å². The van der Waals surface area contributed by atoms with Crippen LogP contribution in [0.1, 0.15) is 54.2 Å². The Balaban J connectivity index is 1.77. The summed E-state index contributed by atoms with van der Waals surface area (Å²) in [6.07, 6.45) is 2.97. The molecule has 2 fully saturated rings. The summed E-state index contributed by atoms with van der Waals surface area (Å²) in [4.78, 5) is 39.5. The number of aryl methyl sites for hydroxylation is 1. The molecule has 0 aromatic carbocycles. The lowest BCUT2D eigenvalue weighted by atomic mass is 10.2. The van der Waals surface area contributed by atoms with Gasteiger partial charge in [0.2, 0.25) is 5.91 Å². The first kappa shape index (κ1) is 17.8. The van der Waals surface area contributed by atoms with E-state index in [1.54, 1.807) is 17.9 Å². The molecule has 2 saturated heterocycles. The third-order valence-electron chi connectivity index (χ3n) is 5.14. The van der Waals surface area contributed by atoms with Gasteiger partial charge in [-0.2, -0.15) is 0 Å². The minimum absolute atomic E-state index is 0.0576. The molecular weight excluding hydrogens is 318 g/mol. The summed E-state index contributed by atoms with van der Waals surface area (Å²) in [6.45, 7) is 7.04. The number of aromatic nitrogens is 2. The molecule has 0 bridgehead atoms. The summed E-state index contributed by atoms with van der Waals surface area (Å²) in [7, 11) is 2.08. The molecule has 1 aromatic heterocycles. The van der Waals surface area contributed by atoms with Crippen LogP contribution in [0.15, 0.2) is 6.07 Å². The van der Waals surface area contributed by atoms with Crippen LogP contribution in [0.2, 0.25) is 0 Å². The van der Waals surface area contributed by atoms with Crippen LogP contribution < -0.4 is 0 Å². The predicted molar refractivity (Wildman–Crippen MR) is 94.1 cm³/mol. The Kier molecular flexibility index (Phi) is 5.32. The Morgan fingerprint density at radius 2 is 1.76 bits per heavy atom. The molecular formula is C18H27N5O2. The van der Waals surface area contributed by atoms with E-state index in [2.05, 4.69) is 21.9 Å². The van der Waals surface area contributed by atoms with Crippen LogP contribution in [0, 0.1) is 6.92 Å². The number of likely N-dealkylation sites (tertiary alicyclic amines) is 1. The average Bonchev–Trinajstić information content (AvgIpc) is 2.85. The first-order valence-electron chi connectivity index (χ1n) is 9.06. The van der Waals surface area contributed by atoms with Crippen LogP contribution >= 0.6 is 0 Å². The van der Waals surface area contributed by atoms with Crippen LogP contribution in [0.5, 0.6) is 0 Å². The fourth-order valence-electron chi connectivity index (χ4n) is 3.68. The molecule has 1 aromatic rings. The second-order valence-corrected chi connectivity index (χ2v) is 7.04. The summed E-state index contributed by atoms with van der Waals surface area (Å²) < 4.78 is 0. The largest absolute Gasteiger partial charge is 0.341 e. The fourth-order valence-corrected chi connectivity index (χ4v) is 3.68. The van der Waals surface area contributed by atoms with Crippen LogP contribution in [0.3, 0.4) is 0 Å². The van der Waals surface area contributed by atoms with Crippen molar-refractivity contribution in [3.05, 3.63) is 23.3 Å². The lowest BCUT2D eigenvalue weighted by Gasteiger charge is -2.22. The molecule has 2 amide bonds. The van der Waals surface area contributed by atoms with Gasteiger partial charge in [0.05, 0.1) is 6.04 Å². The van der Waals surface area contributed by atoms with Crippen molar-refractivity contribution in [2.45, 2.75) is 39.2 Å². The summed E-state index contributed by atoms with van der Waals surface area (Å²) in [6, 6.07) is 1.97. The third-order valence-corrected chi connectivity index (χ3v) is 5.14. The molecule has 1 atom stereocenters. The van der Waals surface area contributed by atoms with Crippen molar-refractivity contribution < 1.29 is 9.59 Å². The molecule has 2 aliphatic rings. The zero-order chi connectivity index (χ0) is 18.0. The number of hydrogen-bond donors (Lipinski definition) is 0. The second-order valence-electron chi connectivity index (χ2n) is 7.04. The normalized spacial score (nSPS) is 22.1. The van der Waals surface area contributed by atoms with Crippen LogP contribution in [-0.4, -0.2) is 76.3 Å². The molecule has 7 heteroatoms. The van der Waals surface area contributed by atoms with Crippen molar-refractivity contribution in [2.75, 3.05) is 39.8 Å². The number of nitrogens with zero attached hydrogens (tertiary/aromatic N) is 5. The first-order valence-corrected chi connectivity index (χ1v) is 9.06. The van der Waals surface area contributed by atoms with Crippen LogP contribution in [0.4, 0.5) is 0 Å². The van der Waals surface area contributed by atoms with Gasteiger partial charge in [0, 0.05) is 38.8 Å². The Morgan fingerprint density at radius 3 is 2.44 bits per heavy atom. The summed E-state index contributed by atoms with van der Waals surface area (Å²) in [5.41, 5.74) is 1.30. The van der Waals surface area contributed by atoms with Gasteiger partial charge in [-0.25, -0.2) is 9.97 Å². The number of carbonyl (C=O) groups is 2. The fraction of sp³-hybridized carbons (Fsp3) is 0.667. The van der Waals surface area contributed by atoms with Gasteiger partial charge in [-0.3, -0.25) is 14.5 Å². The van der Waals surface area contributed by atoms with E-state index in [9.17, 15) is 9.59 Å². The van der Waals surface area contributed by atoms with Gasteiger partial charge in [0.1, 0.15) is 11.5 Å². The molecule has 0 aliphatic carbocycles. The van der Waals surface area contributed by atoms with Gasteiger partial charge in [-0.05, 0) is 45.8 Å². The van der Waals surface area contributed by atoms with Gasteiger partial charge in [0.25, 0.3) is 5.91 Å². The van der Waals surface area contributed by atoms with E-state index >= 15 is 0 Å². The van der Waals surface area contributed by atoms with E-state index in [4.69, 9.17) is 0 Å². The Bertz CT molecular complexity index is 663. The summed E-state index contributed by atoms with van der Waals surface area (Å²) >= 11 is 0. The number of amides is 2. The molecule has 7 nitrogen and oxygen atoms in total. The minimum Gasteiger partial charge on any atom is -0.341 e. The molecule has 2 aliphatic heterocycles. The van der Waals surface area contributed by atoms with Crippen molar-refractivity contribution >= 4 is 11.8 Å². The highest BCUT2D eigenvalue weighted by Gasteiger charge is 2.28. The van der Waals surface area contributed by atoms with E-state index < -0.39 is 0 Å². The van der Waals surface area contributed by atoms with Gasteiger partial charge in [-0.15, -0.1) is 0 Å². The molecule has 1 unspecified atom stereocenters. The highest BCUT2D eigenvalue weighted by molar-refractivity contribution is 5.92. The van der Waals surface area contributed by atoms with Crippen molar-refractivity contribution in [2.24, 2.45) is 0 Å². The second kappa shape index (κ2) is 7.47. The SMILES string of the molecule is CC(=O)N1CCCN(C(=O)c2cc(C)nc(C3CCCN3C)n2)CC1. The van der Waals surface area contributed by atoms with Gasteiger partial charge in [-0.1, -0.05) is 0 Å². The minimum atomic E-state index is -0.0576. The number of rotatable bonds is 2. The average molecular weight is 345 g/mol. The zero-order valence-electron chi connectivity index (χ0n) is 15.4. The van der Waals surface area contributed by atoms with Crippen LogP contribution in [0.25, 0.3) is 0 Å². The molecule has 0 radical (unpaired) electrons. The quantitative estimate of drug-likeness (QED) is 0.807. The van der Waals surface area contributed by atoms with Gasteiger partial charge in [0.15, 0.2) is 0 Å². The summed E-state index contributed by atoms with van der Waals surface area (Å²) in [5.74, 6) is 0.764. The van der Waals surface area contributed by atoms with E-state index in [0.717, 1.165) is 37.3 Å². The van der Waals surface area contributed by atoms with E-state index in [1.165, 1.54) is 0 Å². The maximum atomic E-state index is 12.9. The lowest BCUT2D eigenvalue weighted by Crippen LogP contribution is -2.37. The standard InChI is InChI=1S/C18H27N5O2/c1-13-12-15(20-17(19-13)16-6-4-7-21(16)3)18(25)23-9-5-8-22(10-11-23)14(2)24/h12,16H,4-11H2,1-3H3. The molecule has 0 spiro atoms. The van der Waals surface area contributed by atoms with Crippen molar-refractivity contribution in [3.8, 4) is 0 Å². The molecule has 136 valence electrons. The van der Waals surface area contributed by atoms with Crippen molar-refractivity contribution in [3.63, 3.8) is 0 Å². The summed E-state index contributed by atoms with van der Waals surface area (Å²) in [5, 5.41) is 0. The number of carbonyl (C=O) groups excluding carboxylic acids is 2. The Hall–Kier alpha value is -2.02. The molecule has 25 heavy (non-hydrogen) atoms. The number of hydrogen-bond acceptors (Lipinski definition) is 5. The van der Waals surface area contributed by atoms with Crippen molar-refractivity contribution in [1.29, 1.82) is 0 Å². The van der Waals surface area contributed by atoms with Gasteiger partial charge < -0.3 is 9.80 Å². The molecule has 3 heterocycles. The van der Waals surface area contributed by atoms with Crippen molar-refractivity contribution in [1.82, 2.24) is 24.7 Å². The van der Waals surface area contributed by atoms with E-state index in [-0.39, 0.29) is 17.9 Å². The van der Waals surface area contributed by atoms with Gasteiger partial charge >= 0.3 is 0 Å². The molecule has 3 rings (SSSR count). The Morgan fingerprint density at radius 1 is 1.04 bits per heavy atom. The van der Waals surface area contributed by atoms with E-state index in [1.807, 2.05) is 11.8 Å². The maximum Gasteiger partial charge on any atom is 0.272 e. The maximum absolute atomic E-state index is 12.9. The molecule has 0 saturated carbocycles.